The van der Waals surface area contributed by atoms with E-state index in [2.05, 4.69) is 10.2 Å². The van der Waals surface area contributed by atoms with Gasteiger partial charge in [-0.05, 0) is 60.5 Å². The van der Waals surface area contributed by atoms with Crippen LogP contribution in [0.5, 0.6) is 5.75 Å². The zero-order valence-electron chi connectivity index (χ0n) is 21.4. The Morgan fingerprint density at radius 1 is 1.00 bits per heavy atom. The minimum Gasteiger partial charge on any atom is -0.494 e. The third-order valence-corrected chi connectivity index (χ3v) is 7.13. The number of hydrogen-bond acceptors (Lipinski definition) is 5. The van der Waals surface area contributed by atoms with Gasteiger partial charge in [0.2, 0.25) is 5.91 Å². The van der Waals surface area contributed by atoms with Crippen molar-refractivity contribution in [3.05, 3.63) is 95.3 Å². The predicted octanol–water partition coefficient (Wildman–Crippen LogP) is 4.48. The quantitative estimate of drug-likeness (QED) is 0.477. The minimum atomic E-state index is -0.670. The second-order valence-corrected chi connectivity index (χ2v) is 9.46. The van der Waals surface area contributed by atoms with Gasteiger partial charge in [0.15, 0.2) is 0 Å². The Hall–Kier alpha value is -3.75. The molecule has 1 N–H and O–H groups in total. The molecule has 1 saturated heterocycles. The number of benzene rings is 3. The van der Waals surface area contributed by atoms with Gasteiger partial charge in [-0.25, -0.2) is 4.39 Å². The lowest BCUT2D eigenvalue weighted by atomic mass is 9.79. The van der Waals surface area contributed by atoms with E-state index in [9.17, 15) is 14.0 Å². The molecule has 3 aromatic rings. The van der Waals surface area contributed by atoms with Crippen LogP contribution in [-0.4, -0.2) is 67.6 Å². The summed E-state index contributed by atoms with van der Waals surface area (Å²) in [5.74, 6) is -0.675. The van der Waals surface area contributed by atoms with Gasteiger partial charge in [-0.15, -0.1) is 0 Å². The fourth-order valence-electron chi connectivity index (χ4n) is 5.25. The highest BCUT2D eigenvalue weighted by Crippen LogP contribution is 2.43. The van der Waals surface area contributed by atoms with E-state index < -0.39 is 12.0 Å². The molecule has 8 heteroatoms. The predicted molar refractivity (Wildman–Crippen MR) is 143 cm³/mol. The van der Waals surface area contributed by atoms with Crippen molar-refractivity contribution in [3.8, 4) is 5.75 Å². The summed E-state index contributed by atoms with van der Waals surface area (Å²) in [5, 5.41) is 2.96. The van der Waals surface area contributed by atoms with Crippen LogP contribution in [0.15, 0.2) is 72.8 Å². The van der Waals surface area contributed by atoms with Crippen LogP contribution < -0.4 is 10.1 Å². The van der Waals surface area contributed by atoms with Crippen molar-refractivity contribution in [2.75, 3.05) is 51.3 Å². The molecule has 0 radical (unpaired) electrons. The maximum Gasteiger partial charge on any atom is 0.254 e. The van der Waals surface area contributed by atoms with Crippen LogP contribution in [0.25, 0.3) is 0 Å². The molecule has 0 unspecified atom stereocenters. The first-order chi connectivity index (χ1) is 18.5. The third-order valence-electron chi connectivity index (χ3n) is 7.13. The molecule has 0 saturated carbocycles. The number of anilines is 1. The second-order valence-electron chi connectivity index (χ2n) is 9.46. The maximum absolute atomic E-state index is 13.9. The average Bonchev–Trinajstić information content (AvgIpc) is 2.95. The molecule has 2 amide bonds. The number of carbonyl (C=O) groups excluding carboxylic acids is 2. The minimum absolute atomic E-state index is 0.0985. The molecular weight excluding hydrogens is 485 g/mol. The Morgan fingerprint density at radius 2 is 1.71 bits per heavy atom. The van der Waals surface area contributed by atoms with Crippen molar-refractivity contribution >= 4 is 17.5 Å². The summed E-state index contributed by atoms with van der Waals surface area (Å²) in [7, 11) is 0. The van der Waals surface area contributed by atoms with Gasteiger partial charge in [-0.3, -0.25) is 14.5 Å². The molecule has 0 bridgehead atoms. The summed E-state index contributed by atoms with van der Waals surface area (Å²) in [6.07, 6.45) is 0. The van der Waals surface area contributed by atoms with Crippen molar-refractivity contribution in [3.63, 3.8) is 0 Å². The van der Waals surface area contributed by atoms with Crippen molar-refractivity contribution in [1.29, 1.82) is 0 Å². The van der Waals surface area contributed by atoms with Crippen molar-refractivity contribution in [2.45, 2.75) is 18.9 Å². The fourth-order valence-corrected chi connectivity index (χ4v) is 5.25. The van der Waals surface area contributed by atoms with Crippen molar-refractivity contribution < 1.29 is 23.5 Å². The molecule has 198 valence electrons. The maximum atomic E-state index is 13.9. The molecule has 2 heterocycles. The number of nitrogens with one attached hydrogen (secondary N) is 1. The summed E-state index contributed by atoms with van der Waals surface area (Å²) in [5.41, 5.74) is 2.54. The van der Waals surface area contributed by atoms with Gasteiger partial charge in [0.1, 0.15) is 11.6 Å². The van der Waals surface area contributed by atoms with Crippen LogP contribution in [-0.2, 0) is 9.53 Å². The number of ether oxygens (including phenoxy) is 2. The Morgan fingerprint density at radius 3 is 2.42 bits per heavy atom. The third kappa shape index (κ3) is 5.56. The summed E-state index contributed by atoms with van der Waals surface area (Å²) in [4.78, 5) is 31.9. The molecule has 3 aromatic carbocycles. The highest BCUT2D eigenvalue weighted by molar-refractivity contribution is 6.04. The van der Waals surface area contributed by atoms with E-state index in [1.54, 1.807) is 6.07 Å². The molecule has 0 aromatic heterocycles. The lowest BCUT2D eigenvalue weighted by molar-refractivity contribution is -0.119. The van der Waals surface area contributed by atoms with Gasteiger partial charge in [0.25, 0.3) is 5.91 Å². The molecule has 2 atom stereocenters. The topological polar surface area (TPSA) is 71.1 Å². The van der Waals surface area contributed by atoms with E-state index in [4.69, 9.17) is 9.47 Å². The van der Waals surface area contributed by atoms with Gasteiger partial charge in [-0.2, -0.15) is 0 Å². The Balaban J connectivity index is 1.54. The number of rotatable bonds is 8. The Bertz CT molecular complexity index is 1260. The van der Waals surface area contributed by atoms with E-state index in [-0.39, 0.29) is 17.6 Å². The average molecular weight is 518 g/mol. The zero-order valence-corrected chi connectivity index (χ0v) is 21.4. The molecule has 0 spiro atoms. The summed E-state index contributed by atoms with van der Waals surface area (Å²) in [6.45, 7) is 6.56. The van der Waals surface area contributed by atoms with Gasteiger partial charge >= 0.3 is 0 Å². The summed E-state index contributed by atoms with van der Waals surface area (Å²) < 4.78 is 24.6. The van der Waals surface area contributed by atoms with Crippen LogP contribution in [0.4, 0.5) is 10.1 Å². The summed E-state index contributed by atoms with van der Waals surface area (Å²) >= 11 is 0. The number of nitrogens with zero attached hydrogens (tertiary/aromatic N) is 2. The lowest BCUT2D eigenvalue weighted by Gasteiger charge is -2.42. The first-order valence-corrected chi connectivity index (χ1v) is 13.0. The van der Waals surface area contributed by atoms with Crippen LogP contribution in [0.2, 0.25) is 0 Å². The smallest absolute Gasteiger partial charge is 0.254 e. The van der Waals surface area contributed by atoms with Crippen LogP contribution in [0, 0.1) is 5.82 Å². The van der Waals surface area contributed by atoms with E-state index in [1.165, 1.54) is 24.3 Å². The molecule has 1 fully saturated rings. The Labute approximate surface area is 222 Å². The number of halogens is 1. The molecule has 2 aliphatic rings. The van der Waals surface area contributed by atoms with Crippen LogP contribution in [0.3, 0.4) is 0 Å². The summed E-state index contributed by atoms with van der Waals surface area (Å²) in [6, 6.07) is 20.1. The fraction of sp³-hybridized carbons (Fsp3) is 0.333. The van der Waals surface area contributed by atoms with E-state index in [0.717, 1.165) is 24.4 Å². The molecule has 7 nitrogen and oxygen atoms in total. The standard InChI is InChI=1S/C30H32FN3O4/c1-2-38-24-13-7-21(8-14-24)28-27(29(35)32-23-11-9-22(31)10-12-23)25-5-3-4-6-26(25)30(36)34(28)16-15-33-17-19-37-20-18-33/h3-14,27-28H,2,15-20H2,1H3,(H,32,35)/t27-,28+/m0/s1. The number of amides is 2. The highest BCUT2D eigenvalue weighted by Gasteiger charge is 2.44. The van der Waals surface area contributed by atoms with Gasteiger partial charge in [0, 0.05) is 37.4 Å². The van der Waals surface area contributed by atoms with E-state index in [0.29, 0.717) is 49.7 Å². The van der Waals surface area contributed by atoms with E-state index >= 15 is 0 Å². The Kier molecular flexibility index (Phi) is 8.00. The largest absolute Gasteiger partial charge is 0.494 e. The highest BCUT2D eigenvalue weighted by atomic mass is 19.1. The number of hydrogen-bond donors (Lipinski definition) is 1. The SMILES string of the molecule is CCOc1ccc([C@@H]2[C@@H](C(=O)Nc3ccc(F)cc3)c3ccccc3C(=O)N2CCN2CCOCC2)cc1. The normalized spacial score (nSPS) is 19.6. The van der Waals surface area contributed by atoms with Crippen LogP contribution >= 0.6 is 0 Å². The van der Waals surface area contributed by atoms with E-state index in [1.807, 2.05) is 54.3 Å². The lowest BCUT2D eigenvalue weighted by Crippen LogP contribution is -2.49. The molecule has 5 rings (SSSR count). The first kappa shape index (κ1) is 25.9. The number of fused-ring (bicyclic) bond motifs is 1. The number of carbonyl (C=O) groups is 2. The second kappa shape index (κ2) is 11.8. The van der Waals surface area contributed by atoms with Gasteiger partial charge in [-0.1, -0.05) is 30.3 Å². The number of morpholine rings is 1. The van der Waals surface area contributed by atoms with Gasteiger partial charge in [0.05, 0.1) is 31.8 Å². The molecular formula is C30H32FN3O4. The zero-order chi connectivity index (χ0) is 26.5. The van der Waals surface area contributed by atoms with Gasteiger partial charge < -0.3 is 19.7 Å². The van der Waals surface area contributed by atoms with Crippen LogP contribution in [0.1, 0.15) is 40.4 Å². The molecule has 0 aliphatic carbocycles. The first-order valence-electron chi connectivity index (χ1n) is 13.0. The van der Waals surface area contributed by atoms with Crippen molar-refractivity contribution in [2.24, 2.45) is 0 Å². The molecule has 2 aliphatic heterocycles. The molecule has 38 heavy (non-hydrogen) atoms. The monoisotopic (exact) mass is 517 g/mol. The van der Waals surface area contributed by atoms with Crippen molar-refractivity contribution in [1.82, 2.24) is 9.80 Å².